The first-order valence-electron chi connectivity index (χ1n) is 4.83. The molecule has 0 atom stereocenters. The van der Waals surface area contributed by atoms with E-state index in [1.165, 1.54) is 21.1 Å². The Balaban J connectivity index is 3.10. The van der Waals surface area contributed by atoms with Crippen molar-refractivity contribution >= 4 is 11.8 Å². The van der Waals surface area contributed by atoms with Crippen molar-refractivity contribution in [3.63, 3.8) is 0 Å². The number of ether oxygens (including phenoxy) is 2. The monoisotopic (exact) mass is 222 g/mol. The highest BCUT2D eigenvalue weighted by Gasteiger charge is 2.12. The van der Waals surface area contributed by atoms with Crippen molar-refractivity contribution in [2.75, 3.05) is 14.2 Å². The van der Waals surface area contributed by atoms with Crippen molar-refractivity contribution in [3.8, 4) is 5.75 Å². The van der Waals surface area contributed by atoms with E-state index in [-0.39, 0.29) is 18.2 Å². The van der Waals surface area contributed by atoms with Gasteiger partial charge in [-0.15, -0.1) is 0 Å². The topological polar surface area (TPSA) is 52.6 Å². The van der Waals surface area contributed by atoms with Crippen LogP contribution >= 0.6 is 0 Å². The van der Waals surface area contributed by atoms with Gasteiger partial charge in [-0.2, -0.15) is 0 Å². The maximum atomic E-state index is 11.3. The Kier molecular flexibility index (Phi) is 4.05. The maximum Gasteiger partial charge on any atom is 0.310 e. The largest absolute Gasteiger partial charge is 0.497 e. The second-order valence-electron chi connectivity index (χ2n) is 3.33. The van der Waals surface area contributed by atoms with Gasteiger partial charge in [0.15, 0.2) is 5.78 Å². The van der Waals surface area contributed by atoms with E-state index in [1.54, 1.807) is 18.2 Å². The molecule has 0 saturated heterocycles. The van der Waals surface area contributed by atoms with Gasteiger partial charge in [-0.1, -0.05) is 0 Å². The van der Waals surface area contributed by atoms with Crippen LogP contribution in [-0.2, 0) is 16.0 Å². The fraction of sp³-hybridized carbons (Fsp3) is 0.333. The molecule has 4 heteroatoms. The first kappa shape index (κ1) is 12.2. The van der Waals surface area contributed by atoms with E-state index in [1.807, 2.05) is 0 Å². The first-order chi connectivity index (χ1) is 7.58. The zero-order chi connectivity index (χ0) is 12.1. The predicted octanol–water partition coefficient (Wildman–Crippen LogP) is 1.61. The number of benzene rings is 1. The average molecular weight is 222 g/mol. The minimum absolute atomic E-state index is 0.0720. The fourth-order valence-electron chi connectivity index (χ4n) is 1.41. The number of carbonyl (C=O) groups excluding carboxylic acids is 2. The number of ketones is 1. The van der Waals surface area contributed by atoms with Gasteiger partial charge in [-0.05, 0) is 30.7 Å². The molecule has 86 valence electrons. The Hall–Kier alpha value is -1.84. The summed E-state index contributed by atoms with van der Waals surface area (Å²) in [6, 6.07) is 5.02. The van der Waals surface area contributed by atoms with Crippen LogP contribution in [0.1, 0.15) is 22.8 Å². The third-order valence-electron chi connectivity index (χ3n) is 2.25. The van der Waals surface area contributed by atoms with Gasteiger partial charge in [0, 0.05) is 5.56 Å². The number of rotatable bonds is 4. The Morgan fingerprint density at radius 1 is 1.25 bits per heavy atom. The lowest BCUT2D eigenvalue weighted by atomic mass is 10.0. The zero-order valence-corrected chi connectivity index (χ0v) is 9.57. The van der Waals surface area contributed by atoms with Gasteiger partial charge in [0.25, 0.3) is 0 Å². The third-order valence-corrected chi connectivity index (χ3v) is 2.25. The SMILES string of the molecule is COC(=O)Cc1cc(OC)ccc1C(C)=O. The molecule has 0 aliphatic carbocycles. The molecule has 0 aliphatic heterocycles. The molecule has 0 unspecified atom stereocenters. The van der Waals surface area contributed by atoms with Crippen molar-refractivity contribution < 1.29 is 19.1 Å². The van der Waals surface area contributed by atoms with Crippen molar-refractivity contribution in [3.05, 3.63) is 29.3 Å². The summed E-state index contributed by atoms with van der Waals surface area (Å²) >= 11 is 0. The molecule has 1 aromatic rings. The van der Waals surface area contributed by atoms with Crippen LogP contribution in [-0.4, -0.2) is 26.0 Å². The van der Waals surface area contributed by atoms with E-state index in [0.717, 1.165) is 0 Å². The lowest BCUT2D eigenvalue weighted by molar-refractivity contribution is -0.139. The highest BCUT2D eigenvalue weighted by molar-refractivity contribution is 5.96. The lowest BCUT2D eigenvalue weighted by Crippen LogP contribution is -2.09. The van der Waals surface area contributed by atoms with Crippen molar-refractivity contribution in [2.45, 2.75) is 13.3 Å². The molecule has 1 aromatic carbocycles. The summed E-state index contributed by atoms with van der Waals surface area (Å²) in [5.41, 5.74) is 1.14. The molecule has 0 bridgehead atoms. The van der Waals surface area contributed by atoms with Crippen molar-refractivity contribution in [1.82, 2.24) is 0 Å². The van der Waals surface area contributed by atoms with Crippen LogP contribution in [0.5, 0.6) is 5.75 Å². The molecular formula is C12H14O4. The fourth-order valence-corrected chi connectivity index (χ4v) is 1.41. The molecule has 0 amide bonds. The maximum absolute atomic E-state index is 11.3. The van der Waals surface area contributed by atoms with Crippen LogP contribution in [0, 0.1) is 0 Å². The van der Waals surface area contributed by atoms with Gasteiger partial charge in [0.05, 0.1) is 20.6 Å². The van der Waals surface area contributed by atoms with E-state index in [0.29, 0.717) is 16.9 Å². The molecule has 0 radical (unpaired) electrons. The minimum Gasteiger partial charge on any atom is -0.497 e. The number of methoxy groups -OCH3 is 2. The minimum atomic E-state index is -0.379. The Labute approximate surface area is 94.2 Å². The molecule has 0 heterocycles. The Morgan fingerprint density at radius 3 is 2.44 bits per heavy atom. The number of hydrogen-bond acceptors (Lipinski definition) is 4. The molecule has 16 heavy (non-hydrogen) atoms. The summed E-state index contributed by atoms with van der Waals surface area (Å²) in [5.74, 6) is 0.154. The van der Waals surface area contributed by atoms with Gasteiger partial charge in [-0.25, -0.2) is 0 Å². The van der Waals surface area contributed by atoms with Crippen LogP contribution in [0.2, 0.25) is 0 Å². The van der Waals surface area contributed by atoms with Crippen molar-refractivity contribution in [2.24, 2.45) is 0 Å². The summed E-state index contributed by atoms with van der Waals surface area (Å²) in [6.45, 7) is 1.46. The van der Waals surface area contributed by atoms with Crippen LogP contribution in [0.25, 0.3) is 0 Å². The van der Waals surface area contributed by atoms with Crippen molar-refractivity contribution in [1.29, 1.82) is 0 Å². The lowest BCUT2D eigenvalue weighted by Gasteiger charge is -2.08. The second kappa shape index (κ2) is 5.30. The Bertz CT molecular complexity index is 409. The van der Waals surface area contributed by atoms with E-state index < -0.39 is 0 Å². The van der Waals surface area contributed by atoms with E-state index in [2.05, 4.69) is 4.74 Å². The Morgan fingerprint density at radius 2 is 1.94 bits per heavy atom. The van der Waals surface area contributed by atoms with Gasteiger partial charge < -0.3 is 9.47 Å². The van der Waals surface area contributed by atoms with Crippen LogP contribution in [0.4, 0.5) is 0 Å². The van der Waals surface area contributed by atoms with Crippen LogP contribution < -0.4 is 4.74 Å². The molecule has 0 fully saturated rings. The molecule has 0 aromatic heterocycles. The van der Waals surface area contributed by atoms with Gasteiger partial charge in [0.2, 0.25) is 0 Å². The molecular weight excluding hydrogens is 208 g/mol. The summed E-state index contributed by atoms with van der Waals surface area (Å²) in [5, 5.41) is 0. The number of Topliss-reactive ketones (excluding diaryl/α,β-unsaturated/α-hetero) is 1. The van der Waals surface area contributed by atoms with Gasteiger partial charge in [0.1, 0.15) is 5.75 Å². The zero-order valence-electron chi connectivity index (χ0n) is 9.57. The number of carbonyl (C=O) groups is 2. The molecule has 1 rings (SSSR count). The second-order valence-corrected chi connectivity index (χ2v) is 3.33. The quantitative estimate of drug-likeness (QED) is 0.573. The number of hydrogen-bond donors (Lipinski definition) is 0. The van der Waals surface area contributed by atoms with E-state index in [9.17, 15) is 9.59 Å². The third kappa shape index (κ3) is 2.82. The predicted molar refractivity (Wildman–Crippen MR) is 58.7 cm³/mol. The van der Waals surface area contributed by atoms with E-state index >= 15 is 0 Å². The molecule has 0 N–H and O–H groups in total. The summed E-state index contributed by atoms with van der Waals surface area (Å²) in [4.78, 5) is 22.5. The molecule has 4 nitrogen and oxygen atoms in total. The molecule has 0 spiro atoms. The summed E-state index contributed by atoms with van der Waals surface area (Å²) in [6.07, 6.45) is 0.0720. The van der Waals surface area contributed by atoms with Crippen LogP contribution in [0.15, 0.2) is 18.2 Å². The normalized spacial score (nSPS) is 9.69. The standard InChI is InChI=1S/C12H14O4/c1-8(13)11-5-4-10(15-2)6-9(11)7-12(14)16-3/h4-6H,7H2,1-3H3. The van der Waals surface area contributed by atoms with Gasteiger partial charge >= 0.3 is 5.97 Å². The highest BCUT2D eigenvalue weighted by atomic mass is 16.5. The van der Waals surface area contributed by atoms with Crippen LogP contribution in [0.3, 0.4) is 0 Å². The molecule has 0 aliphatic rings. The average Bonchev–Trinajstić information content (AvgIpc) is 2.28. The molecule has 0 saturated carbocycles. The number of esters is 1. The highest BCUT2D eigenvalue weighted by Crippen LogP contribution is 2.19. The van der Waals surface area contributed by atoms with Gasteiger partial charge in [-0.3, -0.25) is 9.59 Å². The summed E-state index contributed by atoms with van der Waals surface area (Å²) < 4.78 is 9.61. The smallest absolute Gasteiger partial charge is 0.310 e. The van der Waals surface area contributed by atoms with E-state index in [4.69, 9.17) is 4.74 Å². The summed E-state index contributed by atoms with van der Waals surface area (Å²) in [7, 11) is 2.85. The first-order valence-corrected chi connectivity index (χ1v) is 4.83.